The van der Waals surface area contributed by atoms with Crippen molar-refractivity contribution in [2.45, 2.75) is 37.3 Å². The quantitative estimate of drug-likeness (QED) is 0.635. The van der Waals surface area contributed by atoms with Crippen LogP contribution in [0.1, 0.15) is 25.7 Å². The smallest absolute Gasteiger partial charge is 0.186 e. The van der Waals surface area contributed by atoms with Crippen LogP contribution >= 0.6 is 22.9 Å². The minimum Gasteiger partial charge on any atom is -0.393 e. The van der Waals surface area contributed by atoms with Gasteiger partial charge < -0.3 is 25.2 Å². The Labute approximate surface area is 173 Å². The van der Waals surface area contributed by atoms with Gasteiger partial charge in [0.05, 0.1) is 31.1 Å². The first kappa shape index (κ1) is 19.8. The Kier molecular flexibility index (Phi) is 6.03. The highest BCUT2D eigenvalue weighted by atomic mass is 35.5. The summed E-state index contributed by atoms with van der Waals surface area (Å²) >= 11 is 7.78. The van der Waals surface area contributed by atoms with Gasteiger partial charge in [0.2, 0.25) is 0 Å². The van der Waals surface area contributed by atoms with Gasteiger partial charge in [0, 0.05) is 42.0 Å². The summed E-state index contributed by atoms with van der Waals surface area (Å²) in [5.41, 5.74) is 1.75. The van der Waals surface area contributed by atoms with Crippen molar-refractivity contribution in [3.63, 3.8) is 0 Å². The number of aromatic nitrogens is 2. The number of morpholine rings is 1. The number of halogens is 1. The lowest BCUT2D eigenvalue weighted by atomic mass is 9.82. The number of hydrogen-bond acceptors (Lipinski definition) is 8. The highest BCUT2D eigenvalue weighted by Gasteiger charge is 2.32. The van der Waals surface area contributed by atoms with Crippen molar-refractivity contribution in [2.24, 2.45) is 0 Å². The average molecular weight is 425 g/mol. The van der Waals surface area contributed by atoms with Crippen molar-refractivity contribution < 1.29 is 14.9 Å². The van der Waals surface area contributed by atoms with Crippen LogP contribution in [0.3, 0.4) is 0 Å². The van der Waals surface area contributed by atoms with Gasteiger partial charge in [-0.2, -0.15) is 0 Å². The summed E-state index contributed by atoms with van der Waals surface area (Å²) in [6, 6.07) is 2.04. The summed E-state index contributed by atoms with van der Waals surface area (Å²) in [4.78, 5) is 11.3. The molecule has 2 fully saturated rings. The van der Waals surface area contributed by atoms with Gasteiger partial charge in [0.1, 0.15) is 5.15 Å². The fourth-order valence-corrected chi connectivity index (χ4v) is 4.76. The van der Waals surface area contributed by atoms with E-state index in [4.69, 9.17) is 21.3 Å². The van der Waals surface area contributed by atoms with Crippen molar-refractivity contribution in [2.75, 3.05) is 43.1 Å². The first-order valence-corrected chi connectivity index (χ1v) is 10.9. The Hall–Kier alpha value is -1.45. The molecular weight excluding hydrogens is 400 g/mol. The largest absolute Gasteiger partial charge is 0.393 e. The van der Waals surface area contributed by atoms with Gasteiger partial charge >= 0.3 is 0 Å². The standard InChI is InChI=1S/C19H25ClN4O3S/c20-17-9-15(22-13-1-3-19(26,12-25)4-2-13)14(10-21-17)16-11-28-18(23-16)24-5-7-27-8-6-24/h9-11,13,25-26H,1-8,12H2,(H,21,22). The first-order chi connectivity index (χ1) is 13.6. The maximum absolute atomic E-state index is 10.2. The van der Waals surface area contributed by atoms with Gasteiger partial charge in [-0.25, -0.2) is 9.97 Å². The SMILES string of the molecule is OCC1(O)CCC(Nc2cc(Cl)ncc2-c2csc(N3CCOCC3)n2)CC1. The van der Waals surface area contributed by atoms with Gasteiger partial charge in [-0.05, 0) is 31.7 Å². The number of nitrogens with one attached hydrogen (secondary N) is 1. The van der Waals surface area contributed by atoms with Crippen LogP contribution in [0.4, 0.5) is 10.8 Å². The Morgan fingerprint density at radius 3 is 2.79 bits per heavy atom. The summed E-state index contributed by atoms with van der Waals surface area (Å²) in [6.07, 6.45) is 4.48. The molecule has 0 aromatic carbocycles. The molecule has 1 saturated heterocycles. The number of rotatable bonds is 5. The average Bonchev–Trinajstić information content (AvgIpc) is 3.21. The Morgan fingerprint density at radius 2 is 2.07 bits per heavy atom. The maximum Gasteiger partial charge on any atom is 0.186 e. The third-order valence-corrected chi connectivity index (χ3v) is 6.60. The molecule has 0 spiro atoms. The molecule has 0 atom stereocenters. The Bertz CT molecular complexity index is 804. The molecule has 0 bridgehead atoms. The second-order valence-corrected chi connectivity index (χ2v) is 8.69. The zero-order valence-corrected chi connectivity index (χ0v) is 17.2. The molecule has 28 heavy (non-hydrogen) atoms. The number of aliphatic hydroxyl groups excluding tert-OH is 1. The molecule has 1 aliphatic heterocycles. The lowest BCUT2D eigenvalue weighted by Gasteiger charge is -2.35. The second-order valence-electron chi connectivity index (χ2n) is 7.47. The number of nitrogens with zero attached hydrogens (tertiary/aromatic N) is 3. The van der Waals surface area contributed by atoms with Crippen LogP contribution in [0.15, 0.2) is 17.6 Å². The fourth-order valence-electron chi connectivity index (χ4n) is 3.72. The minimum absolute atomic E-state index is 0.185. The fraction of sp³-hybridized carbons (Fsp3) is 0.579. The van der Waals surface area contributed by atoms with Crippen molar-refractivity contribution in [1.29, 1.82) is 0 Å². The van der Waals surface area contributed by atoms with Gasteiger partial charge in [-0.1, -0.05) is 11.6 Å². The number of ether oxygens (including phenoxy) is 1. The molecule has 2 aromatic rings. The summed E-state index contributed by atoms with van der Waals surface area (Å²) in [6.45, 7) is 2.98. The molecule has 3 N–H and O–H groups in total. The molecule has 2 aromatic heterocycles. The van der Waals surface area contributed by atoms with Crippen molar-refractivity contribution in [3.05, 3.63) is 22.8 Å². The third-order valence-electron chi connectivity index (χ3n) is 5.49. The van der Waals surface area contributed by atoms with E-state index in [9.17, 15) is 10.2 Å². The first-order valence-electron chi connectivity index (χ1n) is 9.60. The number of anilines is 2. The summed E-state index contributed by atoms with van der Waals surface area (Å²) in [5, 5.41) is 26.6. The van der Waals surface area contributed by atoms with E-state index in [1.54, 1.807) is 17.5 Å². The van der Waals surface area contributed by atoms with E-state index in [0.717, 1.165) is 61.2 Å². The van der Waals surface area contributed by atoms with Gasteiger partial charge in [0.25, 0.3) is 0 Å². The number of aliphatic hydroxyl groups is 2. The van der Waals surface area contributed by atoms with Crippen LogP contribution < -0.4 is 10.2 Å². The van der Waals surface area contributed by atoms with Crippen LogP contribution in [-0.2, 0) is 4.74 Å². The van der Waals surface area contributed by atoms with E-state index in [0.29, 0.717) is 18.0 Å². The predicted octanol–water partition coefficient (Wildman–Crippen LogP) is 2.77. The zero-order valence-electron chi connectivity index (χ0n) is 15.6. The van der Waals surface area contributed by atoms with Crippen LogP contribution in [0.25, 0.3) is 11.3 Å². The summed E-state index contributed by atoms with van der Waals surface area (Å²) < 4.78 is 5.42. The van der Waals surface area contributed by atoms with Crippen LogP contribution in [0.2, 0.25) is 5.15 Å². The molecular formula is C19H25ClN4O3S. The Morgan fingerprint density at radius 1 is 1.32 bits per heavy atom. The summed E-state index contributed by atoms with van der Waals surface area (Å²) in [7, 11) is 0. The van der Waals surface area contributed by atoms with Gasteiger partial charge in [0.15, 0.2) is 5.13 Å². The van der Waals surface area contributed by atoms with E-state index in [1.807, 2.05) is 11.4 Å². The molecule has 2 aliphatic rings. The molecule has 0 amide bonds. The molecule has 152 valence electrons. The van der Waals surface area contributed by atoms with Crippen LogP contribution in [-0.4, -0.2) is 64.7 Å². The normalized spacial score (nSPS) is 25.7. The lowest BCUT2D eigenvalue weighted by Crippen LogP contribution is -2.41. The predicted molar refractivity (Wildman–Crippen MR) is 111 cm³/mol. The molecule has 9 heteroatoms. The van der Waals surface area contributed by atoms with Gasteiger partial charge in [-0.3, -0.25) is 0 Å². The number of hydrogen-bond donors (Lipinski definition) is 3. The molecule has 0 unspecified atom stereocenters. The lowest BCUT2D eigenvalue weighted by molar-refractivity contribution is -0.0438. The highest BCUT2D eigenvalue weighted by molar-refractivity contribution is 7.14. The topological polar surface area (TPSA) is 90.7 Å². The van der Waals surface area contributed by atoms with E-state index >= 15 is 0 Å². The minimum atomic E-state index is -0.946. The molecule has 1 saturated carbocycles. The molecule has 0 radical (unpaired) electrons. The van der Waals surface area contributed by atoms with E-state index < -0.39 is 5.60 Å². The van der Waals surface area contributed by atoms with Gasteiger partial charge in [-0.15, -0.1) is 11.3 Å². The number of pyridine rings is 1. The van der Waals surface area contributed by atoms with E-state index in [-0.39, 0.29) is 12.6 Å². The monoisotopic (exact) mass is 424 g/mol. The third kappa shape index (κ3) is 4.41. The maximum atomic E-state index is 10.2. The van der Waals surface area contributed by atoms with Crippen LogP contribution in [0, 0.1) is 0 Å². The van der Waals surface area contributed by atoms with Crippen molar-refractivity contribution in [1.82, 2.24) is 9.97 Å². The molecule has 4 rings (SSSR count). The van der Waals surface area contributed by atoms with E-state index in [2.05, 4.69) is 15.2 Å². The summed E-state index contributed by atoms with van der Waals surface area (Å²) in [5.74, 6) is 0. The number of thiazole rings is 1. The molecule has 7 nitrogen and oxygen atoms in total. The van der Waals surface area contributed by atoms with Crippen LogP contribution in [0.5, 0.6) is 0 Å². The molecule has 3 heterocycles. The highest BCUT2D eigenvalue weighted by Crippen LogP contribution is 2.36. The van der Waals surface area contributed by atoms with Crippen molar-refractivity contribution >= 4 is 33.8 Å². The Balaban J connectivity index is 1.52. The zero-order chi connectivity index (χ0) is 19.6. The van der Waals surface area contributed by atoms with E-state index in [1.165, 1.54) is 0 Å². The second kappa shape index (κ2) is 8.51. The molecule has 1 aliphatic carbocycles. The van der Waals surface area contributed by atoms with Crippen molar-refractivity contribution in [3.8, 4) is 11.3 Å².